The average Bonchev–Trinajstić information content (AvgIpc) is 2.40. The van der Waals surface area contributed by atoms with E-state index in [1.165, 1.54) is 0 Å². The summed E-state index contributed by atoms with van der Waals surface area (Å²) in [7, 11) is 0. The van der Waals surface area contributed by atoms with Gasteiger partial charge in [-0.2, -0.15) is 0 Å². The van der Waals surface area contributed by atoms with Gasteiger partial charge in [0.25, 0.3) is 0 Å². The van der Waals surface area contributed by atoms with Crippen molar-refractivity contribution in [3.8, 4) is 0 Å². The number of benzene rings is 1. The molecule has 18 heavy (non-hydrogen) atoms. The Kier molecular flexibility index (Phi) is 5.25. The Hall–Kier alpha value is -0.350. The van der Waals surface area contributed by atoms with Crippen molar-refractivity contribution in [3.63, 3.8) is 0 Å². The van der Waals surface area contributed by atoms with Gasteiger partial charge in [-0.1, -0.05) is 23.2 Å². The van der Waals surface area contributed by atoms with Crippen molar-refractivity contribution in [2.24, 2.45) is 0 Å². The van der Waals surface area contributed by atoms with Gasteiger partial charge in [-0.25, -0.2) is 0 Å². The summed E-state index contributed by atoms with van der Waals surface area (Å²) in [6.07, 6.45) is 0.458. The third-order valence-electron chi connectivity index (χ3n) is 3.29. The molecule has 1 aromatic rings. The van der Waals surface area contributed by atoms with Crippen LogP contribution in [0.2, 0.25) is 10.0 Å². The molecule has 1 aliphatic heterocycles. The van der Waals surface area contributed by atoms with Crippen LogP contribution in [0.15, 0.2) is 18.2 Å². The van der Waals surface area contributed by atoms with E-state index in [0.29, 0.717) is 16.5 Å². The molecule has 1 aromatic carbocycles. The summed E-state index contributed by atoms with van der Waals surface area (Å²) >= 11 is 12.2. The van der Waals surface area contributed by atoms with E-state index in [-0.39, 0.29) is 12.7 Å². The first-order chi connectivity index (χ1) is 8.72. The van der Waals surface area contributed by atoms with Crippen LogP contribution in [0.25, 0.3) is 0 Å². The highest BCUT2D eigenvalue weighted by molar-refractivity contribution is 6.33. The van der Waals surface area contributed by atoms with Crippen molar-refractivity contribution in [2.75, 3.05) is 32.9 Å². The summed E-state index contributed by atoms with van der Waals surface area (Å²) in [6.45, 7) is 3.33. The molecular weight excluding hydrogens is 274 g/mol. The molecule has 100 valence electrons. The van der Waals surface area contributed by atoms with E-state index in [0.717, 1.165) is 31.7 Å². The van der Waals surface area contributed by atoms with Crippen LogP contribution in [-0.2, 0) is 0 Å². The summed E-state index contributed by atoms with van der Waals surface area (Å²) in [4.78, 5) is 2.27. The summed E-state index contributed by atoms with van der Waals surface area (Å²) in [5.41, 5.74) is 0.934. The molecule has 0 spiro atoms. The van der Waals surface area contributed by atoms with Gasteiger partial charge in [0.05, 0.1) is 6.67 Å². The Labute approximate surface area is 117 Å². The minimum Gasteiger partial charge on any atom is -0.314 e. The van der Waals surface area contributed by atoms with Gasteiger partial charge in [0.15, 0.2) is 0 Å². The molecule has 5 heteroatoms. The van der Waals surface area contributed by atoms with Gasteiger partial charge in [-0.3, -0.25) is 9.29 Å². The molecule has 1 heterocycles. The number of hydrogen-bond donors (Lipinski definition) is 1. The Morgan fingerprint density at radius 1 is 1.28 bits per heavy atom. The number of rotatable bonds is 4. The Balaban J connectivity index is 2.24. The SMILES string of the molecule is FCC[C@H](c1cc(Cl)ccc1Cl)N1CCNCC1. The minimum absolute atomic E-state index is 0.0169. The molecule has 1 saturated heterocycles. The zero-order chi connectivity index (χ0) is 13.0. The highest BCUT2D eigenvalue weighted by Crippen LogP contribution is 2.32. The second-order valence-electron chi connectivity index (χ2n) is 4.45. The van der Waals surface area contributed by atoms with E-state index in [2.05, 4.69) is 10.2 Å². The van der Waals surface area contributed by atoms with E-state index >= 15 is 0 Å². The number of halogens is 3. The topological polar surface area (TPSA) is 15.3 Å². The molecule has 1 fully saturated rings. The Bertz CT molecular complexity index is 395. The number of nitrogens with zero attached hydrogens (tertiary/aromatic N) is 1. The third-order valence-corrected chi connectivity index (χ3v) is 3.87. The van der Waals surface area contributed by atoms with Crippen LogP contribution < -0.4 is 5.32 Å². The summed E-state index contributed by atoms with van der Waals surface area (Å²) in [6, 6.07) is 5.42. The van der Waals surface area contributed by atoms with Crippen molar-refractivity contribution in [3.05, 3.63) is 33.8 Å². The Morgan fingerprint density at radius 3 is 2.67 bits per heavy atom. The predicted molar refractivity (Wildman–Crippen MR) is 74.2 cm³/mol. The van der Waals surface area contributed by atoms with Gasteiger partial charge < -0.3 is 5.32 Å². The fourth-order valence-corrected chi connectivity index (χ4v) is 2.83. The maximum Gasteiger partial charge on any atom is 0.0912 e. The highest BCUT2D eigenvalue weighted by Gasteiger charge is 2.23. The summed E-state index contributed by atoms with van der Waals surface area (Å²) in [5, 5.41) is 4.60. The first-order valence-electron chi connectivity index (χ1n) is 6.18. The van der Waals surface area contributed by atoms with Crippen LogP contribution in [0.3, 0.4) is 0 Å². The fraction of sp³-hybridized carbons (Fsp3) is 0.538. The third kappa shape index (κ3) is 3.35. The van der Waals surface area contributed by atoms with Crippen molar-refractivity contribution in [1.29, 1.82) is 0 Å². The van der Waals surface area contributed by atoms with Gasteiger partial charge in [0, 0.05) is 42.3 Å². The molecule has 0 amide bonds. The first-order valence-corrected chi connectivity index (χ1v) is 6.93. The van der Waals surface area contributed by atoms with Crippen LogP contribution in [0.5, 0.6) is 0 Å². The monoisotopic (exact) mass is 290 g/mol. The molecule has 1 aliphatic rings. The van der Waals surface area contributed by atoms with Gasteiger partial charge in [-0.05, 0) is 30.2 Å². The Morgan fingerprint density at radius 2 is 2.00 bits per heavy atom. The van der Waals surface area contributed by atoms with E-state index in [4.69, 9.17) is 23.2 Å². The van der Waals surface area contributed by atoms with E-state index in [1.807, 2.05) is 6.07 Å². The average molecular weight is 291 g/mol. The lowest BCUT2D eigenvalue weighted by Crippen LogP contribution is -2.45. The number of piperazine rings is 1. The lowest BCUT2D eigenvalue weighted by molar-refractivity contribution is 0.157. The van der Waals surface area contributed by atoms with Crippen LogP contribution >= 0.6 is 23.2 Å². The second kappa shape index (κ2) is 6.71. The van der Waals surface area contributed by atoms with Crippen LogP contribution in [0.4, 0.5) is 4.39 Å². The second-order valence-corrected chi connectivity index (χ2v) is 5.29. The van der Waals surface area contributed by atoms with E-state index in [9.17, 15) is 4.39 Å². The van der Waals surface area contributed by atoms with Gasteiger partial charge in [0.2, 0.25) is 0 Å². The van der Waals surface area contributed by atoms with Crippen LogP contribution in [-0.4, -0.2) is 37.8 Å². The highest BCUT2D eigenvalue weighted by atomic mass is 35.5. The zero-order valence-electron chi connectivity index (χ0n) is 10.1. The molecule has 1 N–H and O–H groups in total. The molecule has 2 rings (SSSR count). The zero-order valence-corrected chi connectivity index (χ0v) is 11.6. The van der Waals surface area contributed by atoms with Crippen molar-refractivity contribution in [2.45, 2.75) is 12.5 Å². The lowest BCUT2D eigenvalue weighted by atomic mass is 10.0. The molecule has 1 atom stereocenters. The lowest BCUT2D eigenvalue weighted by Gasteiger charge is -2.35. The molecule has 0 bridgehead atoms. The van der Waals surface area contributed by atoms with Gasteiger partial charge in [0.1, 0.15) is 0 Å². The quantitative estimate of drug-likeness (QED) is 0.915. The van der Waals surface area contributed by atoms with Crippen molar-refractivity contribution >= 4 is 23.2 Å². The van der Waals surface area contributed by atoms with Crippen LogP contribution in [0, 0.1) is 0 Å². The summed E-state index contributed by atoms with van der Waals surface area (Å²) < 4.78 is 12.8. The molecule has 2 nitrogen and oxygen atoms in total. The largest absolute Gasteiger partial charge is 0.314 e. The normalized spacial score (nSPS) is 18.8. The summed E-state index contributed by atoms with van der Waals surface area (Å²) in [5.74, 6) is 0. The maximum absolute atomic E-state index is 12.8. The smallest absolute Gasteiger partial charge is 0.0912 e. The molecule has 0 unspecified atom stereocenters. The van der Waals surface area contributed by atoms with Gasteiger partial charge >= 0.3 is 0 Å². The van der Waals surface area contributed by atoms with Crippen molar-refractivity contribution < 1.29 is 4.39 Å². The number of alkyl halides is 1. The molecule has 0 saturated carbocycles. The van der Waals surface area contributed by atoms with E-state index < -0.39 is 0 Å². The van der Waals surface area contributed by atoms with Crippen LogP contribution in [0.1, 0.15) is 18.0 Å². The predicted octanol–water partition coefficient (Wildman–Crippen LogP) is 3.30. The molecular formula is C13H17Cl2FN2. The van der Waals surface area contributed by atoms with Gasteiger partial charge in [-0.15, -0.1) is 0 Å². The first kappa shape index (κ1) is 14.1. The fourth-order valence-electron chi connectivity index (χ4n) is 2.40. The minimum atomic E-state index is -0.350. The molecule has 0 radical (unpaired) electrons. The van der Waals surface area contributed by atoms with E-state index in [1.54, 1.807) is 12.1 Å². The molecule has 0 aromatic heterocycles. The maximum atomic E-state index is 12.8. The molecule has 0 aliphatic carbocycles. The van der Waals surface area contributed by atoms with Crippen molar-refractivity contribution in [1.82, 2.24) is 10.2 Å². The number of hydrogen-bond acceptors (Lipinski definition) is 2. The number of nitrogens with one attached hydrogen (secondary N) is 1. The standard InChI is InChI=1S/C13H17Cl2FN2/c14-10-1-2-12(15)11(9-10)13(3-4-16)18-7-5-17-6-8-18/h1-2,9,13,17H,3-8H2/t13-/m1/s1.